The maximum atomic E-state index is 6.10. The van der Waals surface area contributed by atoms with Gasteiger partial charge >= 0.3 is 0 Å². The summed E-state index contributed by atoms with van der Waals surface area (Å²) in [6.45, 7) is 7.74. The number of anilines is 2. The fourth-order valence-corrected chi connectivity index (χ4v) is 2.28. The summed E-state index contributed by atoms with van der Waals surface area (Å²) in [5.41, 5.74) is 10.0. The van der Waals surface area contributed by atoms with Crippen molar-refractivity contribution in [2.75, 3.05) is 11.1 Å². The quantitative estimate of drug-likeness (QED) is 0.849. The largest absolute Gasteiger partial charge is 0.394 e. The molecule has 3 N–H and O–H groups in total. The summed E-state index contributed by atoms with van der Waals surface area (Å²) in [5.74, 6) is 0.900. The van der Waals surface area contributed by atoms with Crippen LogP contribution in [0.15, 0.2) is 18.3 Å². The number of nitrogens with two attached hydrogens (primary N) is 1. The first-order valence-electron chi connectivity index (χ1n) is 7.16. The highest BCUT2D eigenvalue weighted by molar-refractivity contribution is 5.64. The molecule has 0 radical (unpaired) electrons. The zero-order valence-corrected chi connectivity index (χ0v) is 12.5. The fourth-order valence-electron chi connectivity index (χ4n) is 2.28. The molecule has 2 aromatic rings. The maximum absolute atomic E-state index is 6.10. The van der Waals surface area contributed by atoms with Crippen LogP contribution < -0.4 is 11.1 Å². The molecule has 0 bridgehead atoms. The van der Waals surface area contributed by atoms with E-state index in [2.05, 4.69) is 35.3 Å². The molecule has 0 aliphatic heterocycles. The van der Waals surface area contributed by atoms with Crippen molar-refractivity contribution in [3.8, 4) is 0 Å². The highest BCUT2D eigenvalue weighted by Gasteiger charge is 2.12. The van der Waals surface area contributed by atoms with Crippen LogP contribution in [0, 0.1) is 6.92 Å². The van der Waals surface area contributed by atoms with Crippen LogP contribution in [0.3, 0.4) is 0 Å². The number of aromatic nitrogens is 3. The SMILES string of the molecule is CCCn1nc(C)c(N)c1NCc1ncccc1CC. The summed E-state index contributed by atoms with van der Waals surface area (Å²) >= 11 is 0. The molecule has 20 heavy (non-hydrogen) atoms. The number of pyridine rings is 1. The summed E-state index contributed by atoms with van der Waals surface area (Å²) in [4.78, 5) is 4.44. The highest BCUT2D eigenvalue weighted by Crippen LogP contribution is 2.23. The third-order valence-corrected chi connectivity index (χ3v) is 3.40. The van der Waals surface area contributed by atoms with Gasteiger partial charge < -0.3 is 11.1 Å². The van der Waals surface area contributed by atoms with Crippen molar-refractivity contribution in [1.82, 2.24) is 14.8 Å². The number of aryl methyl sites for hydroxylation is 3. The predicted molar refractivity (Wildman–Crippen MR) is 82.6 cm³/mol. The fraction of sp³-hybridized carbons (Fsp3) is 0.467. The van der Waals surface area contributed by atoms with E-state index in [-0.39, 0.29) is 0 Å². The van der Waals surface area contributed by atoms with Gasteiger partial charge in [0, 0.05) is 12.7 Å². The topological polar surface area (TPSA) is 68.8 Å². The summed E-state index contributed by atoms with van der Waals surface area (Å²) in [7, 11) is 0. The molecule has 5 nitrogen and oxygen atoms in total. The summed E-state index contributed by atoms with van der Waals surface area (Å²) in [6, 6.07) is 4.09. The molecular formula is C15H23N5. The molecule has 0 fully saturated rings. The van der Waals surface area contributed by atoms with E-state index in [0.717, 1.165) is 42.3 Å². The van der Waals surface area contributed by atoms with E-state index in [1.807, 2.05) is 23.9 Å². The molecule has 2 rings (SSSR count). The highest BCUT2D eigenvalue weighted by atomic mass is 15.3. The third kappa shape index (κ3) is 2.92. The van der Waals surface area contributed by atoms with Gasteiger partial charge in [0.1, 0.15) is 5.82 Å². The molecule has 0 saturated heterocycles. The molecule has 0 aliphatic carbocycles. The van der Waals surface area contributed by atoms with Gasteiger partial charge in [-0.3, -0.25) is 4.98 Å². The monoisotopic (exact) mass is 273 g/mol. The van der Waals surface area contributed by atoms with Gasteiger partial charge in [0.05, 0.1) is 23.6 Å². The van der Waals surface area contributed by atoms with E-state index in [9.17, 15) is 0 Å². The van der Waals surface area contributed by atoms with E-state index in [0.29, 0.717) is 6.54 Å². The summed E-state index contributed by atoms with van der Waals surface area (Å²) in [5, 5.41) is 7.85. The second kappa shape index (κ2) is 6.41. The van der Waals surface area contributed by atoms with Gasteiger partial charge in [0.25, 0.3) is 0 Å². The van der Waals surface area contributed by atoms with Crippen LogP contribution >= 0.6 is 0 Å². The van der Waals surface area contributed by atoms with E-state index < -0.39 is 0 Å². The Morgan fingerprint density at radius 3 is 2.85 bits per heavy atom. The Kier molecular flexibility index (Phi) is 4.61. The Balaban J connectivity index is 2.18. The van der Waals surface area contributed by atoms with Crippen LogP contribution in [-0.4, -0.2) is 14.8 Å². The first-order chi connectivity index (χ1) is 9.67. The number of hydrogen-bond donors (Lipinski definition) is 2. The van der Waals surface area contributed by atoms with Crippen molar-refractivity contribution in [2.45, 2.75) is 46.7 Å². The smallest absolute Gasteiger partial charge is 0.148 e. The average Bonchev–Trinajstić information content (AvgIpc) is 2.72. The lowest BCUT2D eigenvalue weighted by atomic mass is 10.1. The Hall–Kier alpha value is -2.04. The number of nitrogen functional groups attached to an aromatic ring is 1. The first-order valence-corrected chi connectivity index (χ1v) is 7.16. The predicted octanol–water partition coefficient (Wildman–Crippen LogP) is 2.75. The molecule has 0 aliphatic rings. The minimum atomic E-state index is 0.670. The molecule has 0 saturated carbocycles. The number of hydrogen-bond acceptors (Lipinski definition) is 4. The van der Waals surface area contributed by atoms with Crippen molar-refractivity contribution in [1.29, 1.82) is 0 Å². The zero-order valence-electron chi connectivity index (χ0n) is 12.5. The van der Waals surface area contributed by atoms with Gasteiger partial charge in [-0.05, 0) is 31.4 Å². The second-order valence-corrected chi connectivity index (χ2v) is 4.89. The molecule has 0 spiro atoms. The number of nitrogens with zero attached hydrogens (tertiary/aromatic N) is 3. The second-order valence-electron chi connectivity index (χ2n) is 4.89. The minimum Gasteiger partial charge on any atom is -0.394 e. The van der Waals surface area contributed by atoms with Crippen molar-refractivity contribution < 1.29 is 0 Å². The minimum absolute atomic E-state index is 0.670. The molecule has 0 unspecified atom stereocenters. The zero-order chi connectivity index (χ0) is 14.5. The van der Waals surface area contributed by atoms with E-state index >= 15 is 0 Å². The van der Waals surface area contributed by atoms with Crippen molar-refractivity contribution in [3.63, 3.8) is 0 Å². The Morgan fingerprint density at radius 2 is 2.15 bits per heavy atom. The van der Waals surface area contributed by atoms with E-state index in [1.54, 1.807) is 0 Å². The molecule has 0 amide bonds. The normalized spacial score (nSPS) is 10.8. The van der Waals surface area contributed by atoms with Gasteiger partial charge in [-0.2, -0.15) is 5.10 Å². The Labute approximate surface area is 120 Å². The Morgan fingerprint density at radius 1 is 1.35 bits per heavy atom. The van der Waals surface area contributed by atoms with Gasteiger partial charge in [-0.25, -0.2) is 4.68 Å². The van der Waals surface area contributed by atoms with E-state index in [4.69, 9.17) is 5.73 Å². The van der Waals surface area contributed by atoms with Crippen LogP contribution in [0.1, 0.15) is 37.2 Å². The van der Waals surface area contributed by atoms with Crippen LogP contribution in [0.2, 0.25) is 0 Å². The van der Waals surface area contributed by atoms with Crippen LogP contribution in [0.25, 0.3) is 0 Å². The third-order valence-electron chi connectivity index (χ3n) is 3.40. The van der Waals surface area contributed by atoms with Gasteiger partial charge in [0.15, 0.2) is 0 Å². The number of nitrogens with one attached hydrogen (secondary N) is 1. The Bertz CT molecular complexity index is 574. The standard InChI is InChI=1S/C15H23N5/c1-4-9-20-15(14(16)11(3)19-20)18-10-13-12(5-2)7-6-8-17-13/h6-8,18H,4-5,9-10,16H2,1-3H3. The molecule has 0 atom stereocenters. The maximum Gasteiger partial charge on any atom is 0.148 e. The molecule has 108 valence electrons. The number of rotatable bonds is 6. The molecular weight excluding hydrogens is 250 g/mol. The average molecular weight is 273 g/mol. The molecule has 0 aromatic carbocycles. The van der Waals surface area contributed by atoms with Gasteiger partial charge in [-0.15, -0.1) is 0 Å². The van der Waals surface area contributed by atoms with Crippen LogP contribution in [-0.2, 0) is 19.5 Å². The molecule has 2 aromatic heterocycles. The van der Waals surface area contributed by atoms with Crippen molar-refractivity contribution in [3.05, 3.63) is 35.3 Å². The lowest BCUT2D eigenvalue weighted by Gasteiger charge is -2.11. The van der Waals surface area contributed by atoms with Crippen LogP contribution in [0.5, 0.6) is 0 Å². The van der Waals surface area contributed by atoms with Gasteiger partial charge in [0.2, 0.25) is 0 Å². The lowest BCUT2D eigenvalue weighted by Crippen LogP contribution is -2.11. The lowest BCUT2D eigenvalue weighted by molar-refractivity contribution is 0.602. The van der Waals surface area contributed by atoms with Gasteiger partial charge in [-0.1, -0.05) is 19.9 Å². The summed E-state index contributed by atoms with van der Waals surface area (Å²) < 4.78 is 1.94. The van der Waals surface area contributed by atoms with E-state index in [1.165, 1.54) is 5.56 Å². The first kappa shape index (κ1) is 14.4. The van der Waals surface area contributed by atoms with Crippen molar-refractivity contribution >= 4 is 11.5 Å². The van der Waals surface area contributed by atoms with Crippen LogP contribution in [0.4, 0.5) is 11.5 Å². The molecule has 5 heteroatoms. The van der Waals surface area contributed by atoms with Crippen molar-refractivity contribution in [2.24, 2.45) is 0 Å². The summed E-state index contributed by atoms with van der Waals surface area (Å²) in [6.07, 6.45) is 3.83. The molecule has 2 heterocycles.